The van der Waals surface area contributed by atoms with Gasteiger partial charge in [-0.3, -0.25) is 15.0 Å². The monoisotopic (exact) mass is 417 g/mol. The number of nitro benzene ring substituents is 1. The van der Waals surface area contributed by atoms with Crippen LogP contribution in [0.2, 0.25) is 0 Å². The second kappa shape index (κ2) is 11.3. The highest BCUT2D eigenvalue weighted by Crippen LogP contribution is 2.33. The minimum absolute atomic E-state index is 0.0999. The zero-order chi connectivity index (χ0) is 22.1. The van der Waals surface area contributed by atoms with E-state index in [1.165, 1.54) is 31.4 Å². The molecule has 1 aliphatic rings. The highest BCUT2D eigenvalue weighted by molar-refractivity contribution is 5.95. The van der Waals surface area contributed by atoms with E-state index in [-0.39, 0.29) is 18.3 Å². The summed E-state index contributed by atoms with van der Waals surface area (Å²) in [5.74, 6) is -0.528. The fourth-order valence-corrected chi connectivity index (χ4v) is 3.64. The predicted molar refractivity (Wildman–Crippen MR) is 114 cm³/mol. The van der Waals surface area contributed by atoms with Gasteiger partial charge in [-0.15, -0.1) is 0 Å². The van der Waals surface area contributed by atoms with Crippen molar-refractivity contribution in [2.45, 2.75) is 65.3 Å². The van der Waals surface area contributed by atoms with E-state index in [2.05, 4.69) is 12.2 Å². The van der Waals surface area contributed by atoms with Gasteiger partial charge in [0.2, 0.25) is 0 Å². The number of esters is 1. The molecule has 1 aliphatic heterocycles. The number of allylic oxidation sites excluding steroid dienone is 1. The molecule has 0 saturated heterocycles. The van der Waals surface area contributed by atoms with E-state index in [4.69, 9.17) is 4.74 Å². The van der Waals surface area contributed by atoms with E-state index in [1.807, 2.05) is 0 Å². The Hall–Kier alpha value is -2.90. The Morgan fingerprint density at radius 3 is 2.57 bits per heavy atom. The van der Waals surface area contributed by atoms with Gasteiger partial charge in [0.25, 0.3) is 5.69 Å². The number of urea groups is 1. The van der Waals surface area contributed by atoms with Crippen molar-refractivity contribution in [2.24, 2.45) is 0 Å². The van der Waals surface area contributed by atoms with Crippen molar-refractivity contribution in [3.63, 3.8) is 0 Å². The fourth-order valence-electron chi connectivity index (χ4n) is 3.64. The number of hydrogen-bond donors (Lipinski definition) is 1. The average Bonchev–Trinajstić information content (AvgIpc) is 2.72. The van der Waals surface area contributed by atoms with E-state index >= 15 is 0 Å². The molecule has 164 valence electrons. The molecule has 1 atom stereocenters. The Morgan fingerprint density at radius 1 is 1.20 bits per heavy atom. The van der Waals surface area contributed by atoms with Crippen LogP contribution in [0.1, 0.15) is 70.9 Å². The van der Waals surface area contributed by atoms with Gasteiger partial charge in [-0.1, -0.05) is 51.2 Å². The van der Waals surface area contributed by atoms with Crippen molar-refractivity contribution < 1.29 is 19.2 Å². The lowest BCUT2D eigenvalue weighted by molar-refractivity contribution is -0.384. The van der Waals surface area contributed by atoms with E-state index in [1.54, 1.807) is 30.9 Å². The summed E-state index contributed by atoms with van der Waals surface area (Å²) in [4.78, 5) is 37.7. The lowest BCUT2D eigenvalue weighted by atomic mass is 9.94. The molecule has 0 radical (unpaired) electrons. The van der Waals surface area contributed by atoms with Crippen molar-refractivity contribution in [1.29, 1.82) is 0 Å². The first kappa shape index (κ1) is 23.4. The van der Waals surface area contributed by atoms with Gasteiger partial charge in [0, 0.05) is 24.4 Å². The van der Waals surface area contributed by atoms with E-state index in [9.17, 15) is 19.7 Å². The molecule has 8 heteroatoms. The van der Waals surface area contributed by atoms with Crippen molar-refractivity contribution in [1.82, 2.24) is 10.2 Å². The van der Waals surface area contributed by atoms with Crippen molar-refractivity contribution in [3.8, 4) is 0 Å². The van der Waals surface area contributed by atoms with Gasteiger partial charge in [0.05, 0.1) is 23.1 Å². The molecule has 0 aliphatic carbocycles. The predicted octanol–water partition coefficient (Wildman–Crippen LogP) is 4.86. The summed E-state index contributed by atoms with van der Waals surface area (Å²) in [6.45, 7) is 6.32. The summed E-state index contributed by atoms with van der Waals surface area (Å²) in [5.41, 5.74) is 1.21. The second-order valence-electron chi connectivity index (χ2n) is 7.37. The average molecular weight is 418 g/mol. The van der Waals surface area contributed by atoms with Crippen molar-refractivity contribution >= 4 is 17.7 Å². The normalized spacial score (nSPS) is 16.4. The Balaban J connectivity index is 2.28. The van der Waals surface area contributed by atoms with Crippen LogP contribution in [0.5, 0.6) is 0 Å². The van der Waals surface area contributed by atoms with Crippen LogP contribution < -0.4 is 5.32 Å². The van der Waals surface area contributed by atoms with Crippen LogP contribution in [0.15, 0.2) is 35.5 Å². The molecule has 1 heterocycles. The Kier molecular flexibility index (Phi) is 8.83. The van der Waals surface area contributed by atoms with Gasteiger partial charge in [-0.25, -0.2) is 9.59 Å². The first-order valence-corrected chi connectivity index (χ1v) is 10.6. The number of rotatable bonds is 11. The first-order chi connectivity index (χ1) is 14.4. The molecule has 1 aromatic carbocycles. The van der Waals surface area contributed by atoms with Gasteiger partial charge >= 0.3 is 12.0 Å². The van der Waals surface area contributed by atoms with Crippen molar-refractivity contribution in [2.75, 3.05) is 13.2 Å². The molecule has 2 rings (SSSR count). The van der Waals surface area contributed by atoms with Crippen molar-refractivity contribution in [3.05, 3.63) is 51.2 Å². The molecule has 0 aromatic heterocycles. The quantitative estimate of drug-likeness (QED) is 0.240. The van der Waals surface area contributed by atoms with Crippen LogP contribution in [0.4, 0.5) is 10.5 Å². The van der Waals surface area contributed by atoms with E-state index < -0.39 is 16.9 Å². The third kappa shape index (κ3) is 5.81. The number of amides is 2. The number of non-ortho nitro benzene ring substituents is 1. The summed E-state index contributed by atoms with van der Waals surface area (Å²) in [7, 11) is 0. The maximum absolute atomic E-state index is 12.8. The number of nitrogens with zero attached hydrogens (tertiary/aromatic N) is 2. The summed E-state index contributed by atoms with van der Waals surface area (Å²) in [6, 6.07) is 4.84. The molecule has 0 spiro atoms. The van der Waals surface area contributed by atoms with Gasteiger partial charge < -0.3 is 10.1 Å². The van der Waals surface area contributed by atoms with E-state index in [0.29, 0.717) is 23.4 Å². The molecule has 0 saturated carbocycles. The minimum atomic E-state index is -0.794. The molecular weight excluding hydrogens is 386 g/mol. The zero-order valence-corrected chi connectivity index (χ0v) is 18.0. The highest BCUT2D eigenvalue weighted by Gasteiger charge is 2.36. The number of hydrogen-bond acceptors (Lipinski definition) is 5. The number of unbranched alkanes of at least 4 members (excludes halogenated alkanes) is 5. The fraction of sp³-hybridized carbons (Fsp3) is 0.545. The number of carbonyl (C=O) groups is 2. The van der Waals surface area contributed by atoms with Crippen LogP contribution in [0.3, 0.4) is 0 Å². The molecule has 0 bridgehead atoms. The van der Waals surface area contributed by atoms with Crippen LogP contribution in [0, 0.1) is 10.1 Å². The Morgan fingerprint density at radius 2 is 1.90 bits per heavy atom. The number of nitrogens with one attached hydrogen (secondary N) is 1. The van der Waals surface area contributed by atoms with Crippen LogP contribution >= 0.6 is 0 Å². The molecule has 1 N–H and O–H groups in total. The Bertz CT molecular complexity index is 806. The maximum Gasteiger partial charge on any atom is 0.338 e. The molecule has 30 heavy (non-hydrogen) atoms. The van der Waals surface area contributed by atoms with Gasteiger partial charge in [0.1, 0.15) is 0 Å². The number of nitro groups is 1. The lowest BCUT2D eigenvalue weighted by Crippen LogP contribution is -2.48. The number of benzene rings is 1. The summed E-state index contributed by atoms with van der Waals surface area (Å²) in [6.07, 6.45) is 6.54. The molecule has 0 fully saturated rings. The van der Waals surface area contributed by atoms with Gasteiger partial charge in [0.15, 0.2) is 0 Å². The largest absolute Gasteiger partial charge is 0.463 e. The van der Waals surface area contributed by atoms with Crippen LogP contribution in [-0.4, -0.2) is 35.0 Å². The summed E-state index contributed by atoms with van der Waals surface area (Å²) < 4.78 is 5.23. The molecule has 1 unspecified atom stereocenters. The Labute approximate surface area is 177 Å². The van der Waals surface area contributed by atoms with Crippen LogP contribution in [-0.2, 0) is 9.53 Å². The minimum Gasteiger partial charge on any atom is -0.463 e. The van der Waals surface area contributed by atoms with Crippen LogP contribution in [0.25, 0.3) is 0 Å². The lowest BCUT2D eigenvalue weighted by Gasteiger charge is -2.35. The standard InChI is InChI=1S/C22H31N3O5/c1-4-6-7-8-9-10-14-24-16(3)19(21(26)30-5-2)20(23-22(24)27)17-12-11-13-18(15-17)25(28)29/h11-13,15,20H,4-10,14H2,1-3H3,(H,23,27). The summed E-state index contributed by atoms with van der Waals surface area (Å²) in [5, 5.41) is 14.0. The first-order valence-electron chi connectivity index (χ1n) is 10.6. The maximum atomic E-state index is 12.8. The third-order valence-corrected chi connectivity index (χ3v) is 5.24. The molecule has 1 aromatic rings. The smallest absolute Gasteiger partial charge is 0.338 e. The summed E-state index contributed by atoms with van der Waals surface area (Å²) >= 11 is 0. The molecular formula is C22H31N3O5. The molecule has 2 amide bonds. The zero-order valence-electron chi connectivity index (χ0n) is 18.0. The third-order valence-electron chi connectivity index (χ3n) is 5.24. The van der Waals surface area contributed by atoms with Gasteiger partial charge in [-0.2, -0.15) is 0 Å². The SMILES string of the molecule is CCCCCCCCN1C(=O)NC(c2cccc([N+](=O)[O-])c2)C(C(=O)OCC)=C1C. The van der Waals surface area contributed by atoms with Gasteiger partial charge in [-0.05, 0) is 25.8 Å². The topological polar surface area (TPSA) is 102 Å². The second-order valence-corrected chi connectivity index (χ2v) is 7.37. The van der Waals surface area contributed by atoms with E-state index in [0.717, 1.165) is 19.3 Å². The number of ether oxygens (including phenoxy) is 1. The molecule has 8 nitrogen and oxygen atoms in total. The number of carbonyl (C=O) groups excluding carboxylic acids is 2. The highest BCUT2D eigenvalue weighted by atomic mass is 16.6.